The smallest absolute Gasteiger partial charge is 0.232 e. The molecular formula is C17H19F2N5O2. The number of nitrogens with one attached hydrogen (secondary N) is 1. The summed E-state index contributed by atoms with van der Waals surface area (Å²) in [6.07, 6.45) is 0.165. The van der Waals surface area contributed by atoms with E-state index in [9.17, 15) is 13.6 Å². The Morgan fingerprint density at radius 1 is 1.27 bits per heavy atom. The summed E-state index contributed by atoms with van der Waals surface area (Å²) >= 11 is 0. The van der Waals surface area contributed by atoms with E-state index >= 15 is 0 Å². The molecule has 9 heteroatoms. The number of likely N-dealkylation sites (N-methyl/N-ethyl adjacent to an activating group) is 1. The van der Waals surface area contributed by atoms with Gasteiger partial charge in [0.1, 0.15) is 11.6 Å². The fraction of sp³-hybridized carbons (Fsp3) is 0.471. The van der Waals surface area contributed by atoms with Crippen molar-refractivity contribution in [3.8, 4) is 0 Å². The van der Waals surface area contributed by atoms with Crippen molar-refractivity contribution in [3.05, 3.63) is 41.5 Å². The number of hydrogen-bond acceptors (Lipinski definition) is 6. The molecular weight excluding hydrogens is 344 g/mol. The van der Waals surface area contributed by atoms with Gasteiger partial charge >= 0.3 is 0 Å². The van der Waals surface area contributed by atoms with E-state index in [1.165, 1.54) is 4.90 Å². The lowest BCUT2D eigenvalue weighted by Crippen LogP contribution is -2.44. The van der Waals surface area contributed by atoms with Gasteiger partial charge in [0, 0.05) is 44.4 Å². The minimum atomic E-state index is -0.718. The lowest BCUT2D eigenvalue weighted by Gasteiger charge is -2.30. The van der Waals surface area contributed by atoms with E-state index in [1.54, 1.807) is 0 Å². The molecule has 0 radical (unpaired) electrons. The Labute approximate surface area is 149 Å². The third kappa shape index (κ3) is 3.19. The van der Waals surface area contributed by atoms with Crippen molar-refractivity contribution in [2.45, 2.75) is 18.4 Å². The van der Waals surface area contributed by atoms with Crippen LogP contribution in [0.25, 0.3) is 0 Å². The fourth-order valence-electron chi connectivity index (χ4n) is 3.46. The highest BCUT2D eigenvalue weighted by atomic mass is 19.1. The van der Waals surface area contributed by atoms with E-state index in [-0.39, 0.29) is 36.5 Å². The molecule has 2 unspecified atom stereocenters. The lowest BCUT2D eigenvalue weighted by atomic mass is 10.1. The van der Waals surface area contributed by atoms with Crippen molar-refractivity contribution in [1.82, 2.24) is 20.4 Å². The number of nitrogens with zero attached hydrogens (tertiary/aromatic N) is 4. The summed E-state index contributed by atoms with van der Waals surface area (Å²) < 4.78 is 32.3. The van der Waals surface area contributed by atoms with Gasteiger partial charge in [0.25, 0.3) is 0 Å². The predicted octanol–water partition coefficient (Wildman–Crippen LogP) is 1.44. The molecule has 0 aliphatic carbocycles. The van der Waals surface area contributed by atoms with E-state index in [2.05, 4.69) is 20.4 Å². The van der Waals surface area contributed by atoms with Crippen LogP contribution in [0.4, 0.5) is 14.5 Å². The zero-order valence-corrected chi connectivity index (χ0v) is 14.3. The van der Waals surface area contributed by atoms with Crippen LogP contribution in [0.5, 0.6) is 0 Å². The third-order valence-corrected chi connectivity index (χ3v) is 4.90. The second-order valence-corrected chi connectivity index (χ2v) is 6.72. The highest BCUT2D eigenvalue weighted by Gasteiger charge is 2.36. The van der Waals surface area contributed by atoms with Crippen LogP contribution in [0, 0.1) is 11.6 Å². The molecule has 26 heavy (non-hydrogen) atoms. The molecule has 1 aromatic heterocycles. The van der Waals surface area contributed by atoms with E-state index in [0.29, 0.717) is 11.7 Å². The van der Waals surface area contributed by atoms with Crippen molar-refractivity contribution < 1.29 is 18.1 Å². The molecule has 2 aliphatic rings. The highest BCUT2D eigenvalue weighted by Crippen LogP contribution is 2.32. The van der Waals surface area contributed by atoms with Gasteiger partial charge < -0.3 is 14.7 Å². The summed E-state index contributed by atoms with van der Waals surface area (Å²) in [4.78, 5) is 20.3. The maximum absolute atomic E-state index is 13.4. The molecule has 2 fully saturated rings. The van der Waals surface area contributed by atoms with Crippen LogP contribution in [0.2, 0.25) is 0 Å². The van der Waals surface area contributed by atoms with E-state index in [4.69, 9.17) is 4.52 Å². The number of benzene rings is 1. The fourth-order valence-corrected chi connectivity index (χ4v) is 3.46. The van der Waals surface area contributed by atoms with Crippen LogP contribution >= 0.6 is 0 Å². The summed E-state index contributed by atoms with van der Waals surface area (Å²) in [6, 6.07) is 3.09. The minimum absolute atomic E-state index is 0.0202. The summed E-state index contributed by atoms with van der Waals surface area (Å²) in [5, 5.41) is 7.36. The Kier molecular flexibility index (Phi) is 4.41. The first-order valence-electron chi connectivity index (χ1n) is 8.52. The van der Waals surface area contributed by atoms with Crippen LogP contribution in [-0.2, 0) is 4.79 Å². The minimum Gasteiger partial charge on any atom is -0.339 e. The maximum atomic E-state index is 13.4. The number of carbonyl (C=O) groups is 1. The SMILES string of the molecule is CN1CCNCC1c1noc(C2CC(=O)N(c3cc(F)cc(F)c3)C2)n1. The molecule has 2 aliphatic heterocycles. The van der Waals surface area contributed by atoms with E-state index in [0.717, 1.165) is 37.8 Å². The largest absolute Gasteiger partial charge is 0.339 e. The second kappa shape index (κ2) is 6.73. The van der Waals surface area contributed by atoms with Crippen LogP contribution < -0.4 is 10.2 Å². The zero-order valence-electron chi connectivity index (χ0n) is 14.3. The van der Waals surface area contributed by atoms with Crippen molar-refractivity contribution in [1.29, 1.82) is 0 Å². The van der Waals surface area contributed by atoms with Gasteiger partial charge in [-0.2, -0.15) is 4.98 Å². The number of amides is 1. The van der Waals surface area contributed by atoms with Crippen molar-refractivity contribution in [3.63, 3.8) is 0 Å². The predicted molar refractivity (Wildman–Crippen MR) is 88.6 cm³/mol. The number of aromatic nitrogens is 2. The quantitative estimate of drug-likeness (QED) is 0.890. The van der Waals surface area contributed by atoms with Gasteiger partial charge in [-0.05, 0) is 19.2 Å². The third-order valence-electron chi connectivity index (χ3n) is 4.90. The summed E-state index contributed by atoms with van der Waals surface area (Å²) in [5.74, 6) is -0.995. The number of halogens is 2. The Morgan fingerprint density at radius 2 is 2.04 bits per heavy atom. The Bertz CT molecular complexity index is 807. The van der Waals surface area contributed by atoms with Gasteiger partial charge in [-0.25, -0.2) is 8.78 Å². The van der Waals surface area contributed by atoms with Gasteiger partial charge in [0.2, 0.25) is 11.8 Å². The van der Waals surface area contributed by atoms with Crippen molar-refractivity contribution in [2.24, 2.45) is 0 Å². The van der Waals surface area contributed by atoms with Crippen molar-refractivity contribution in [2.75, 3.05) is 38.1 Å². The summed E-state index contributed by atoms with van der Waals surface area (Å²) in [7, 11) is 2.00. The Hall–Kier alpha value is -2.39. The molecule has 7 nitrogen and oxygen atoms in total. The molecule has 2 saturated heterocycles. The number of piperazine rings is 1. The zero-order chi connectivity index (χ0) is 18.3. The first kappa shape index (κ1) is 17.0. The molecule has 1 amide bonds. The molecule has 2 atom stereocenters. The number of carbonyl (C=O) groups excluding carboxylic acids is 1. The molecule has 1 aromatic carbocycles. The highest BCUT2D eigenvalue weighted by molar-refractivity contribution is 5.96. The Morgan fingerprint density at radius 3 is 2.77 bits per heavy atom. The van der Waals surface area contributed by atoms with E-state index < -0.39 is 11.6 Å². The molecule has 1 N–H and O–H groups in total. The number of hydrogen-bond donors (Lipinski definition) is 1. The summed E-state index contributed by atoms with van der Waals surface area (Å²) in [5.41, 5.74) is 0.200. The molecule has 0 bridgehead atoms. The van der Waals surface area contributed by atoms with Crippen LogP contribution in [0.15, 0.2) is 22.7 Å². The molecule has 2 aromatic rings. The standard InChI is InChI=1S/C17H19F2N5O2/c1-23-3-2-20-8-14(23)16-21-17(26-22-16)10-4-15(25)24(9-10)13-6-11(18)5-12(19)7-13/h5-7,10,14,20H,2-4,8-9H2,1H3. The molecule has 3 heterocycles. The molecule has 0 saturated carbocycles. The van der Waals surface area contributed by atoms with Crippen LogP contribution in [0.1, 0.15) is 30.1 Å². The average Bonchev–Trinajstić information content (AvgIpc) is 3.21. The van der Waals surface area contributed by atoms with Crippen LogP contribution in [0.3, 0.4) is 0 Å². The van der Waals surface area contributed by atoms with Gasteiger partial charge in [-0.1, -0.05) is 5.16 Å². The Balaban J connectivity index is 1.52. The first-order chi connectivity index (χ1) is 12.5. The van der Waals surface area contributed by atoms with Gasteiger partial charge in [-0.15, -0.1) is 0 Å². The second-order valence-electron chi connectivity index (χ2n) is 6.72. The van der Waals surface area contributed by atoms with Gasteiger partial charge in [0.15, 0.2) is 5.82 Å². The molecule has 4 rings (SSSR count). The molecule has 0 spiro atoms. The van der Waals surface area contributed by atoms with Gasteiger partial charge in [-0.3, -0.25) is 9.69 Å². The van der Waals surface area contributed by atoms with E-state index in [1.807, 2.05) is 7.05 Å². The molecule has 138 valence electrons. The maximum Gasteiger partial charge on any atom is 0.232 e. The summed E-state index contributed by atoms with van der Waals surface area (Å²) in [6.45, 7) is 2.78. The number of anilines is 1. The number of rotatable bonds is 3. The van der Waals surface area contributed by atoms with Gasteiger partial charge in [0.05, 0.1) is 12.0 Å². The van der Waals surface area contributed by atoms with Crippen LogP contribution in [-0.4, -0.2) is 54.2 Å². The monoisotopic (exact) mass is 363 g/mol. The first-order valence-corrected chi connectivity index (χ1v) is 8.52. The van der Waals surface area contributed by atoms with Crippen molar-refractivity contribution >= 4 is 11.6 Å². The average molecular weight is 363 g/mol. The topological polar surface area (TPSA) is 74.5 Å². The normalized spacial score (nSPS) is 24.4. The lowest BCUT2D eigenvalue weighted by molar-refractivity contribution is -0.117.